The van der Waals surface area contributed by atoms with E-state index in [0.29, 0.717) is 27.9 Å². The fraction of sp³-hybridized carbons (Fsp3) is 0.333. The lowest BCUT2D eigenvalue weighted by atomic mass is 10.1. The number of aromatic nitrogens is 1. The number of nitrogens with one attached hydrogen (secondary N) is 2. The molecule has 2 N–H and O–H groups in total. The maximum Gasteiger partial charge on any atom is 0.257 e. The predicted octanol–water partition coefficient (Wildman–Crippen LogP) is 4.45. The van der Waals surface area contributed by atoms with E-state index in [0.717, 1.165) is 18.7 Å². The number of hydrogen-bond donors (Lipinski definition) is 2. The van der Waals surface area contributed by atoms with Crippen LogP contribution in [0.3, 0.4) is 0 Å². The molecule has 6 heteroatoms. The van der Waals surface area contributed by atoms with Gasteiger partial charge in [-0.2, -0.15) is 0 Å². The molecule has 0 unspecified atom stereocenters. The van der Waals surface area contributed by atoms with Crippen LogP contribution in [0.4, 0.5) is 11.4 Å². The number of ether oxygens (including phenoxy) is 1. The third-order valence-electron chi connectivity index (χ3n) is 3.46. The molecule has 0 saturated carbocycles. The Kier molecular flexibility index (Phi) is 6.44. The molecule has 1 aromatic heterocycles. The van der Waals surface area contributed by atoms with Crippen LogP contribution in [0.1, 0.15) is 30.6 Å². The molecule has 1 amide bonds. The average Bonchev–Trinajstić information content (AvgIpc) is 2.55. The number of anilines is 2. The van der Waals surface area contributed by atoms with Gasteiger partial charge in [0.2, 0.25) is 0 Å². The van der Waals surface area contributed by atoms with E-state index >= 15 is 0 Å². The minimum absolute atomic E-state index is 0.268. The van der Waals surface area contributed by atoms with Crippen molar-refractivity contribution in [2.45, 2.75) is 20.3 Å². The molecular weight excluding hydrogens is 326 g/mol. The molecule has 0 spiro atoms. The number of pyridine rings is 1. The first-order valence-corrected chi connectivity index (χ1v) is 8.21. The summed E-state index contributed by atoms with van der Waals surface area (Å²) in [4.78, 5) is 16.6. The van der Waals surface area contributed by atoms with Gasteiger partial charge in [-0.1, -0.05) is 25.4 Å². The molecule has 0 aliphatic carbocycles. The van der Waals surface area contributed by atoms with Gasteiger partial charge in [-0.15, -0.1) is 0 Å². The summed E-state index contributed by atoms with van der Waals surface area (Å²) in [5.41, 5.74) is 1.81. The van der Waals surface area contributed by atoms with Gasteiger partial charge in [0.25, 0.3) is 5.91 Å². The lowest BCUT2D eigenvalue weighted by Gasteiger charge is -2.12. The average molecular weight is 348 g/mol. The summed E-state index contributed by atoms with van der Waals surface area (Å²) in [5, 5.41) is 6.60. The molecule has 24 heavy (non-hydrogen) atoms. The van der Waals surface area contributed by atoms with Crippen molar-refractivity contribution in [2.24, 2.45) is 5.92 Å². The van der Waals surface area contributed by atoms with E-state index in [1.54, 1.807) is 37.6 Å². The standard InChI is InChI=1S/C18H22ClN3O2/c1-12(2)6-7-21-15-8-13(10-20-11-15)18(23)22-16-9-14(19)4-5-17(16)24-3/h4-5,8-12,21H,6-7H2,1-3H3,(H,22,23). The number of methoxy groups -OCH3 is 1. The number of benzene rings is 1. The lowest BCUT2D eigenvalue weighted by molar-refractivity contribution is 0.102. The molecule has 128 valence electrons. The number of carbonyl (C=O) groups excluding carboxylic acids is 1. The first kappa shape index (κ1) is 18.1. The third kappa shape index (κ3) is 5.13. The van der Waals surface area contributed by atoms with E-state index in [9.17, 15) is 4.79 Å². The fourth-order valence-electron chi connectivity index (χ4n) is 2.14. The molecule has 1 aromatic carbocycles. The van der Waals surface area contributed by atoms with Crippen LogP contribution < -0.4 is 15.4 Å². The topological polar surface area (TPSA) is 63.2 Å². The molecule has 2 aromatic rings. The SMILES string of the molecule is COc1ccc(Cl)cc1NC(=O)c1cncc(NCCC(C)C)c1. The monoisotopic (exact) mass is 347 g/mol. The summed E-state index contributed by atoms with van der Waals surface area (Å²) in [5.74, 6) is 0.898. The Morgan fingerprint density at radius 1 is 1.29 bits per heavy atom. The van der Waals surface area contributed by atoms with Crippen LogP contribution in [0.25, 0.3) is 0 Å². The van der Waals surface area contributed by atoms with Crippen LogP contribution in [-0.4, -0.2) is 24.5 Å². The van der Waals surface area contributed by atoms with E-state index in [2.05, 4.69) is 29.5 Å². The van der Waals surface area contributed by atoms with Crippen LogP contribution in [0.15, 0.2) is 36.7 Å². The van der Waals surface area contributed by atoms with Gasteiger partial charge >= 0.3 is 0 Å². The fourth-order valence-corrected chi connectivity index (χ4v) is 2.31. The summed E-state index contributed by atoms with van der Waals surface area (Å²) >= 11 is 5.98. The lowest BCUT2D eigenvalue weighted by Crippen LogP contribution is -2.14. The predicted molar refractivity (Wildman–Crippen MR) is 98.1 cm³/mol. The van der Waals surface area contributed by atoms with Crippen molar-refractivity contribution in [1.82, 2.24) is 4.98 Å². The first-order chi connectivity index (χ1) is 11.5. The highest BCUT2D eigenvalue weighted by Gasteiger charge is 2.11. The number of carbonyl (C=O) groups is 1. The largest absolute Gasteiger partial charge is 0.495 e. The molecule has 1 heterocycles. The van der Waals surface area contributed by atoms with Gasteiger partial charge in [0.05, 0.1) is 24.0 Å². The van der Waals surface area contributed by atoms with Crippen molar-refractivity contribution >= 4 is 28.9 Å². The normalized spacial score (nSPS) is 10.5. The Morgan fingerprint density at radius 2 is 2.08 bits per heavy atom. The van der Waals surface area contributed by atoms with Crippen molar-refractivity contribution in [3.8, 4) is 5.75 Å². The van der Waals surface area contributed by atoms with Gasteiger partial charge < -0.3 is 15.4 Å². The molecule has 2 rings (SSSR count). The van der Waals surface area contributed by atoms with E-state index in [1.807, 2.05) is 0 Å². The Labute approximate surface area is 147 Å². The smallest absolute Gasteiger partial charge is 0.257 e. The minimum Gasteiger partial charge on any atom is -0.495 e. The highest BCUT2D eigenvalue weighted by molar-refractivity contribution is 6.31. The summed E-state index contributed by atoms with van der Waals surface area (Å²) in [6.45, 7) is 5.18. The van der Waals surface area contributed by atoms with Crippen molar-refractivity contribution in [1.29, 1.82) is 0 Å². The molecule has 0 fully saturated rings. The number of hydrogen-bond acceptors (Lipinski definition) is 4. The maximum atomic E-state index is 12.5. The van der Waals surface area contributed by atoms with Crippen LogP contribution in [0.2, 0.25) is 5.02 Å². The van der Waals surface area contributed by atoms with Gasteiger partial charge in [0, 0.05) is 24.0 Å². The highest BCUT2D eigenvalue weighted by Crippen LogP contribution is 2.28. The van der Waals surface area contributed by atoms with E-state index in [-0.39, 0.29) is 5.91 Å². The molecule has 0 radical (unpaired) electrons. The van der Waals surface area contributed by atoms with Crippen LogP contribution in [0.5, 0.6) is 5.75 Å². The minimum atomic E-state index is -0.268. The van der Waals surface area contributed by atoms with Crippen molar-refractivity contribution in [3.05, 3.63) is 47.2 Å². The summed E-state index contributed by atoms with van der Waals surface area (Å²) in [6.07, 6.45) is 4.28. The van der Waals surface area contributed by atoms with Gasteiger partial charge in [0.1, 0.15) is 5.75 Å². The maximum absolute atomic E-state index is 12.5. The summed E-state index contributed by atoms with van der Waals surface area (Å²) in [7, 11) is 1.54. The first-order valence-electron chi connectivity index (χ1n) is 7.83. The van der Waals surface area contributed by atoms with E-state index < -0.39 is 0 Å². The molecule has 0 aliphatic heterocycles. The zero-order chi connectivity index (χ0) is 17.5. The number of halogens is 1. The molecule has 0 saturated heterocycles. The second kappa shape index (κ2) is 8.55. The van der Waals surface area contributed by atoms with Gasteiger partial charge in [-0.3, -0.25) is 9.78 Å². The quantitative estimate of drug-likeness (QED) is 0.776. The summed E-state index contributed by atoms with van der Waals surface area (Å²) < 4.78 is 5.23. The Hall–Kier alpha value is -2.27. The van der Waals surface area contributed by atoms with E-state index in [4.69, 9.17) is 16.3 Å². The second-order valence-corrected chi connectivity index (χ2v) is 6.31. The van der Waals surface area contributed by atoms with Gasteiger partial charge in [0.15, 0.2) is 0 Å². The number of nitrogens with zero attached hydrogens (tertiary/aromatic N) is 1. The molecule has 0 bridgehead atoms. The molecule has 0 aliphatic rings. The van der Waals surface area contributed by atoms with Crippen LogP contribution in [-0.2, 0) is 0 Å². The molecular formula is C18H22ClN3O2. The Balaban J connectivity index is 2.08. The van der Waals surface area contributed by atoms with E-state index in [1.165, 1.54) is 6.20 Å². The second-order valence-electron chi connectivity index (χ2n) is 5.87. The molecule has 5 nitrogen and oxygen atoms in total. The van der Waals surface area contributed by atoms with Gasteiger partial charge in [-0.25, -0.2) is 0 Å². The van der Waals surface area contributed by atoms with Crippen LogP contribution >= 0.6 is 11.6 Å². The van der Waals surface area contributed by atoms with Gasteiger partial charge in [-0.05, 0) is 36.6 Å². The van der Waals surface area contributed by atoms with Crippen molar-refractivity contribution in [3.63, 3.8) is 0 Å². The summed E-state index contributed by atoms with van der Waals surface area (Å²) in [6, 6.07) is 6.84. The number of amides is 1. The zero-order valence-electron chi connectivity index (χ0n) is 14.1. The van der Waals surface area contributed by atoms with Crippen molar-refractivity contribution < 1.29 is 9.53 Å². The van der Waals surface area contributed by atoms with Crippen molar-refractivity contribution in [2.75, 3.05) is 24.3 Å². The zero-order valence-corrected chi connectivity index (χ0v) is 14.9. The highest BCUT2D eigenvalue weighted by atomic mass is 35.5. The molecule has 0 atom stereocenters. The third-order valence-corrected chi connectivity index (χ3v) is 3.70. The van der Waals surface area contributed by atoms with Crippen LogP contribution in [0, 0.1) is 5.92 Å². The Morgan fingerprint density at radius 3 is 2.79 bits per heavy atom. The Bertz CT molecular complexity index is 704. The number of rotatable bonds is 7.